The van der Waals surface area contributed by atoms with Crippen LogP contribution in [0.5, 0.6) is 17.2 Å². The molecule has 3 rings (SSSR count). The Kier molecular flexibility index (Phi) is 4.02. The zero-order valence-electron chi connectivity index (χ0n) is 12.4. The summed E-state index contributed by atoms with van der Waals surface area (Å²) in [6.07, 6.45) is -0.714. The standard InChI is InChI=1S/C17H14N2O4/c1-11(23-14-4-2-3-12(7-14)9-18)17(20)19-13-5-6-15-16(8-13)22-10-21-15/h2-8,11H,10H2,1H3,(H,19,20)/t11-/m0/s1. The highest BCUT2D eigenvalue weighted by Crippen LogP contribution is 2.34. The van der Waals surface area contributed by atoms with Crippen LogP contribution in [0.15, 0.2) is 42.5 Å². The van der Waals surface area contributed by atoms with Gasteiger partial charge in [0.1, 0.15) is 5.75 Å². The number of nitrogens with one attached hydrogen (secondary N) is 1. The predicted octanol–water partition coefficient (Wildman–Crippen LogP) is 2.69. The molecular weight excluding hydrogens is 296 g/mol. The second-order valence-corrected chi connectivity index (χ2v) is 4.96. The molecule has 0 aromatic heterocycles. The van der Waals surface area contributed by atoms with Crippen molar-refractivity contribution in [2.75, 3.05) is 12.1 Å². The van der Waals surface area contributed by atoms with E-state index in [0.29, 0.717) is 28.5 Å². The van der Waals surface area contributed by atoms with E-state index in [0.717, 1.165) is 0 Å². The van der Waals surface area contributed by atoms with E-state index in [1.807, 2.05) is 6.07 Å². The van der Waals surface area contributed by atoms with E-state index in [4.69, 9.17) is 19.5 Å². The van der Waals surface area contributed by atoms with Gasteiger partial charge in [-0.25, -0.2) is 0 Å². The van der Waals surface area contributed by atoms with Crippen molar-refractivity contribution in [3.63, 3.8) is 0 Å². The molecule has 1 N–H and O–H groups in total. The van der Waals surface area contributed by atoms with Crippen molar-refractivity contribution in [1.82, 2.24) is 0 Å². The van der Waals surface area contributed by atoms with Crippen LogP contribution in [-0.4, -0.2) is 18.8 Å². The topological polar surface area (TPSA) is 80.6 Å². The number of fused-ring (bicyclic) bond motifs is 1. The van der Waals surface area contributed by atoms with Gasteiger partial charge in [-0.1, -0.05) is 6.07 Å². The summed E-state index contributed by atoms with van der Waals surface area (Å²) in [5, 5.41) is 11.6. The fraction of sp³-hybridized carbons (Fsp3) is 0.176. The minimum Gasteiger partial charge on any atom is -0.481 e. The van der Waals surface area contributed by atoms with Crippen LogP contribution in [0.2, 0.25) is 0 Å². The summed E-state index contributed by atoms with van der Waals surface area (Å²) in [5.41, 5.74) is 1.08. The average molecular weight is 310 g/mol. The molecule has 1 aliphatic heterocycles. The second-order valence-electron chi connectivity index (χ2n) is 4.96. The molecule has 0 spiro atoms. The van der Waals surface area contributed by atoms with E-state index < -0.39 is 6.10 Å². The number of nitrogens with zero attached hydrogens (tertiary/aromatic N) is 1. The van der Waals surface area contributed by atoms with Gasteiger partial charge in [-0.15, -0.1) is 0 Å². The lowest BCUT2D eigenvalue weighted by Crippen LogP contribution is -2.30. The van der Waals surface area contributed by atoms with Gasteiger partial charge in [0.15, 0.2) is 17.6 Å². The monoisotopic (exact) mass is 310 g/mol. The van der Waals surface area contributed by atoms with Crippen LogP contribution < -0.4 is 19.5 Å². The first kappa shape index (κ1) is 14.7. The second kappa shape index (κ2) is 6.28. The van der Waals surface area contributed by atoms with Gasteiger partial charge >= 0.3 is 0 Å². The summed E-state index contributed by atoms with van der Waals surface area (Å²) in [6, 6.07) is 13.9. The molecule has 1 amide bonds. The Labute approximate surface area is 133 Å². The third kappa shape index (κ3) is 3.35. The first-order chi connectivity index (χ1) is 11.2. The van der Waals surface area contributed by atoms with Gasteiger partial charge < -0.3 is 19.5 Å². The Morgan fingerprint density at radius 1 is 1.26 bits per heavy atom. The molecule has 0 saturated carbocycles. The Morgan fingerprint density at radius 2 is 2.09 bits per heavy atom. The van der Waals surface area contributed by atoms with Crippen LogP contribution in [0.3, 0.4) is 0 Å². The number of anilines is 1. The van der Waals surface area contributed by atoms with Crippen molar-refractivity contribution in [2.45, 2.75) is 13.0 Å². The van der Waals surface area contributed by atoms with E-state index in [1.165, 1.54) is 0 Å². The Balaban J connectivity index is 1.64. The van der Waals surface area contributed by atoms with Crippen LogP contribution >= 0.6 is 0 Å². The van der Waals surface area contributed by atoms with Crippen molar-refractivity contribution in [2.24, 2.45) is 0 Å². The van der Waals surface area contributed by atoms with E-state index in [-0.39, 0.29) is 12.7 Å². The maximum atomic E-state index is 12.2. The fourth-order valence-corrected chi connectivity index (χ4v) is 2.11. The summed E-state index contributed by atoms with van der Waals surface area (Å²) < 4.78 is 16.1. The minimum atomic E-state index is -0.714. The van der Waals surface area contributed by atoms with Crippen molar-refractivity contribution in [1.29, 1.82) is 5.26 Å². The molecule has 1 atom stereocenters. The molecule has 1 heterocycles. The summed E-state index contributed by atoms with van der Waals surface area (Å²) in [7, 11) is 0. The van der Waals surface area contributed by atoms with Crippen molar-refractivity contribution < 1.29 is 19.0 Å². The summed E-state index contributed by atoms with van der Waals surface area (Å²) >= 11 is 0. The SMILES string of the molecule is C[C@H](Oc1cccc(C#N)c1)C(=O)Nc1ccc2c(c1)OCO2. The highest BCUT2D eigenvalue weighted by molar-refractivity contribution is 5.94. The van der Waals surface area contributed by atoms with Gasteiger partial charge in [-0.05, 0) is 37.3 Å². The molecule has 0 fully saturated rings. The predicted molar refractivity (Wildman–Crippen MR) is 82.4 cm³/mol. The number of amides is 1. The van der Waals surface area contributed by atoms with Crippen LogP contribution in [0.25, 0.3) is 0 Å². The molecule has 0 bridgehead atoms. The molecule has 6 heteroatoms. The van der Waals surface area contributed by atoms with E-state index in [2.05, 4.69) is 5.32 Å². The van der Waals surface area contributed by atoms with Gasteiger partial charge in [-0.3, -0.25) is 4.79 Å². The molecule has 2 aromatic carbocycles. The average Bonchev–Trinajstić information content (AvgIpc) is 3.02. The van der Waals surface area contributed by atoms with Gasteiger partial charge in [0, 0.05) is 11.8 Å². The van der Waals surface area contributed by atoms with Gasteiger partial charge in [0.05, 0.1) is 11.6 Å². The molecule has 0 radical (unpaired) electrons. The third-order valence-corrected chi connectivity index (χ3v) is 3.29. The molecule has 2 aromatic rings. The van der Waals surface area contributed by atoms with Crippen LogP contribution in [0.4, 0.5) is 5.69 Å². The summed E-state index contributed by atoms with van der Waals surface area (Å²) in [4.78, 5) is 12.2. The van der Waals surface area contributed by atoms with Gasteiger partial charge in [0.2, 0.25) is 6.79 Å². The highest BCUT2D eigenvalue weighted by Gasteiger charge is 2.18. The molecule has 1 aliphatic rings. The van der Waals surface area contributed by atoms with Crippen molar-refractivity contribution >= 4 is 11.6 Å². The third-order valence-electron chi connectivity index (χ3n) is 3.29. The van der Waals surface area contributed by atoms with E-state index in [9.17, 15) is 4.79 Å². The van der Waals surface area contributed by atoms with Crippen LogP contribution in [-0.2, 0) is 4.79 Å². The zero-order valence-corrected chi connectivity index (χ0v) is 12.4. The van der Waals surface area contributed by atoms with Crippen LogP contribution in [0.1, 0.15) is 12.5 Å². The van der Waals surface area contributed by atoms with Gasteiger partial charge in [-0.2, -0.15) is 5.26 Å². The summed E-state index contributed by atoms with van der Waals surface area (Å²) in [5.74, 6) is 1.42. The number of hydrogen-bond donors (Lipinski definition) is 1. The summed E-state index contributed by atoms with van der Waals surface area (Å²) in [6.45, 7) is 1.82. The minimum absolute atomic E-state index is 0.182. The Bertz CT molecular complexity index is 782. The quantitative estimate of drug-likeness (QED) is 0.939. The number of carbonyl (C=O) groups is 1. The maximum absolute atomic E-state index is 12.2. The van der Waals surface area contributed by atoms with Gasteiger partial charge in [0.25, 0.3) is 5.91 Å². The van der Waals surface area contributed by atoms with Crippen LogP contribution in [0, 0.1) is 11.3 Å². The van der Waals surface area contributed by atoms with Crippen molar-refractivity contribution in [3.05, 3.63) is 48.0 Å². The van der Waals surface area contributed by atoms with E-state index >= 15 is 0 Å². The lowest BCUT2D eigenvalue weighted by molar-refractivity contribution is -0.122. The lowest BCUT2D eigenvalue weighted by atomic mass is 10.2. The molecular formula is C17H14N2O4. The normalized spacial score (nSPS) is 13.0. The Morgan fingerprint density at radius 3 is 2.91 bits per heavy atom. The Hall–Kier alpha value is -3.20. The lowest BCUT2D eigenvalue weighted by Gasteiger charge is -2.15. The molecule has 0 unspecified atom stereocenters. The molecule has 23 heavy (non-hydrogen) atoms. The number of ether oxygens (including phenoxy) is 3. The molecule has 116 valence electrons. The number of carbonyl (C=O) groups excluding carboxylic acids is 1. The number of benzene rings is 2. The highest BCUT2D eigenvalue weighted by atomic mass is 16.7. The molecule has 6 nitrogen and oxygen atoms in total. The first-order valence-electron chi connectivity index (χ1n) is 7.03. The largest absolute Gasteiger partial charge is 0.481 e. The van der Waals surface area contributed by atoms with E-state index in [1.54, 1.807) is 49.4 Å². The number of nitriles is 1. The first-order valence-corrected chi connectivity index (χ1v) is 7.03. The van der Waals surface area contributed by atoms with Crippen molar-refractivity contribution in [3.8, 4) is 23.3 Å². The zero-order chi connectivity index (χ0) is 16.2. The smallest absolute Gasteiger partial charge is 0.265 e. The maximum Gasteiger partial charge on any atom is 0.265 e. The molecule has 0 aliphatic carbocycles. The number of rotatable bonds is 4. The fourth-order valence-electron chi connectivity index (χ4n) is 2.11. The molecule has 0 saturated heterocycles. The number of hydrogen-bond acceptors (Lipinski definition) is 5.